The molecule has 0 bridgehead atoms. The Bertz CT molecular complexity index is 776. The maximum Gasteiger partial charge on any atom is 0.309 e. The number of aryl methyl sites for hydroxylation is 1. The van der Waals surface area contributed by atoms with E-state index in [0.29, 0.717) is 5.69 Å². The van der Waals surface area contributed by atoms with Gasteiger partial charge in [-0.2, -0.15) is 0 Å². The van der Waals surface area contributed by atoms with E-state index in [1.54, 1.807) is 0 Å². The lowest BCUT2D eigenvalue weighted by Crippen LogP contribution is -2.04. The monoisotopic (exact) mass is 266 g/mol. The predicted molar refractivity (Wildman–Crippen MR) is 76.7 cm³/mol. The fourth-order valence-electron chi connectivity index (χ4n) is 2.39. The van der Waals surface area contributed by atoms with Gasteiger partial charge >= 0.3 is 5.97 Å². The van der Waals surface area contributed by atoms with Gasteiger partial charge in [0.25, 0.3) is 0 Å². The van der Waals surface area contributed by atoms with Crippen molar-refractivity contribution in [1.29, 1.82) is 0 Å². The maximum absolute atomic E-state index is 11.1. The van der Waals surface area contributed by atoms with Gasteiger partial charge in [-0.15, -0.1) is 0 Å². The molecule has 0 unspecified atom stereocenters. The first kappa shape index (κ1) is 12.4. The first-order valence-corrected chi connectivity index (χ1v) is 6.40. The van der Waals surface area contributed by atoms with Crippen LogP contribution in [0.1, 0.15) is 11.3 Å². The van der Waals surface area contributed by atoms with Crippen LogP contribution in [0, 0.1) is 6.92 Å². The molecule has 20 heavy (non-hydrogen) atoms. The number of fused-ring (bicyclic) bond motifs is 1. The number of rotatable bonds is 3. The molecule has 0 radical (unpaired) electrons. The summed E-state index contributed by atoms with van der Waals surface area (Å²) < 4.78 is 1.87. The van der Waals surface area contributed by atoms with Gasteiger partial charge < -0.3 is 9.51 Å². The van der Waals surface area contributed by atoms with E-state index in [0.717, 1.165) is 22.5 Å². The lowest BCUT2D eigenvalue weighted by atomic mass is 10.1. The number of hydrogen-bond acceptors (Lipinski definition) is 2. The minimum atomic E-state index is -0.856. The number of aliphatic carboxylic acids is 1. The molecule has 1 N–H and O–H groups in total. The van der Waals surface area contributed by atoms with Crippen LogP contribution in [0.5, 0.6) is 0 Å². The molecule has 0 aliphatic heterocycles. The highest BCUT2D eigenvalue weighted by atomic mass is 16.4. The molecule has 4 heteroatoms. The molecule has 0 fully saturated rings. The second-order valence-electron chi connectivity index (χ2n) is 4.73. The van der Waals surface area contributed by atoms with E-state index in [1.165, 1.54) is 0 Å². The second kappa shape index (κ2) is 4.81. The Morgan fingerprint density at radius 3 is 2.65 bits per heavy atom. The third kappa shape index (κ3) is 2.05. The number of benzene rings is 1. The van der Waals surface area contributed by atoms with Crippen LogP contribution in [-0.2, 0) is 11.2 Å². The van der Waals surface area contributed by atoms with E-state index in [9.17, 15) is 4.79 Å². The number of carboxylic acid groups (broad SMARTS) is 1. The van der Waals surface area contributed by atoms with Crippen molar-refractivity contribution in [3.05, 3.63) is 59.9 Å². The summed E-state index contributed by atoms with van der Waals surface area (Å²) in [5, 5.41) is 9.14. The molecule has 0 spiro atoms. The molecule has 0 amide bonds. The average Bonchev–Trinajstić information content (AvgIpc) is 2.80. The summed E-state index contributed by atoms with van der Waals surface area (Å²) in [5.74, 6) is -0.856. The predicted octanol–water partition coefficient (Wildman–Crippen LogP) is 2.94. The van der Waals surface area contributed by atoms with Crippen LogP contribution in [-0.4, -0.2) is 20.5 Å². The average molecular weight is 266 g/mol. The van der Waals surface area contributed by atoms with Gasteiger partial charge in [-0.1, -0.05) is 36.4 Å². The van der Waals surface area contributed by atoms with Crippen molar-refractivity contribution >= 4 is 11.6 Å². The number of imidazole rings is 1. The lowest BCUT2D eigenvalue weighted by Gasteiger charge is -2.03. The van der Waals surface area contributed by atoms with E-state index >= 15 is 0 Å². The third-order valence-corrected chi connectivity index (χ3v) is 3.31. The molecule has 0 aliphatic rings. The van der Waals surface area contributed by atoms with E-state index < -0.39 is 5.97 Å². The molecular weight excluding hydrogens is 252 g/mol. The van der Waals surface area contributed by atoms with E-state index in [-0.39, 0.29) is 6.42 Å². The first-order valence-electron chi connectivity index (χ1n) is 6.40. The number of carboxylic acids is 1. The van der Waals surface area contributed by atoms with Crippen LogP contribution < -0.4 is 0 Å². The van der Waals surface area contributed by atoms with E-state index in [2.05, 4.69) is 4.98 Å². The molecule has 0 atom stereocenters. The molecule has 2 heterocycles. The molecule has 3 rings (SSSR count). The normalized spacial score (nSPS) is 10.8. The van der Waals surface area contributed by atoms with Crippen molar-refractivity contribution in [1.82, 2.24) is 9.38 Å². The smallest absolute Gasteiger partial charge is 0.309 e. The van der Waals surface area contributed by atoms with Gasteiger partial charge in [0.15, 0.2) is 0 Å². The number of aromatic nitrogens is 2. The molecule has 0 saturated carbocycles. The zero-order chi connectivity index (χ0) is 14.1. The van der Waals surface area contributed by atoms with Gasteiger partial charge in [-0.05, 0) is 18.6 Å². The third-order valence-electron chi connectivity index (χ3n) is 3.31. The van der Waals surface area contributed by atoms with Crippen LogP contribution >= 0.6 is 0 Å². The Kier molecular flexibility index (Phi) is 2.99. The summed E-state index contributed by atoms with van der Waals surface area (Å²) in [6.07, 6.45) is 1.81. The molecule has 0 aliphatic carbocycles. The van der Waals surface area contributed by atoms with Crippen LogP contribution in [0.4, 0.5) is 0 Å². The molecule has 0 saturated heterocycles. The van der Waals surface area contributed by atoms with Crippen molar-refractivity contribution in [2.24, 2.45) is 0 Å². The minimum Gasteiger partial charge on any atom is -0.481 e. The largest absolute Gasteiger partial charge is 0.481 e. The zero-order valence-electron chi connectivity index (χ0n) is 11.1. The minimum absolute atomic E-state index is 0.0468. The number of carbonyl (C=O) groups is 1. The topological polar surface area (TPSA) is 54.6 Å². The highest BCUT2D eigenvalue weighted by Gasteiger charge is 2.17. The van der Waals surface area contributed by atoms with Crippen molar-refractivity contribution < 1.29 is 9.90 Å². The van der Waals surface area contributed by atoms with Gasteiger partial charge in [-0.25, -0.2) is 4.98 Å². The van der Waals surface area contributed by atoms with Gasteiger partial charge in [0.2, 0.25) is 0 Å². The number of nitrogens with zero attached hydrogens (tertiary/aromatic N) is 2. The molecule has 3 aromatic rings. The van der Waals surface area contributed by atoms with Crippen LogP contribution in [0.15, 0.2) is 48.7 Å². The Labute approximate surface area is 116 Å². The standard InChI is InChI=1S/C16H14N2O2/c1-11-6-5-9-18-13(10-14(19)20)15(17-16(11)18)12-7-3-2-4-8-12/h2-9H,10H2,1H3,(H,19,20). The van der Waals surface area contributed by atoms with Crippen molar-refractivity contribution in [3.8, 4) is 11.3 Å². The lowest BCUT2D eigenvalue weighted by molar-refractivity contribution is -0.136. The van der Waals surface area contributed by atoms with Crippen LogP contribution in [0.25, 0.3) is 16.9 Å². The summed E-state index contributed by atoms with van der Waals surface area (Å²) in [7, 11) is 0. The van der Waals surface area contributed by atoms with Gasteiger partial charge in [0.05, 0.1) is 17.8 Å². The number of hydrogen-bond donors (Lipinski definition) is 1. The molecule has 2 aromatic heterocycles. The highest BCUT2D eigenvalue weighted by Crippen LogP contribution is 2.26. The van der Waals surface area contributed by atoms with E-state index in [1.807, 2.05) is 60.0 Å². The van der Waals surface area contributed by atoms with Crippen LogP contribution in [0.3, 0.4) is 0 Å². The fraction of sp³-hybridized carbons (Fsp3) is 0.125. The number of pyridine rings is 1. The fourth-order valence-corrected chi connectivity index (χ4v) is 2.39. The van der Waals surface area contributed by atoms with Crippen molar-refractivity contribution in [2.45, 2.75) is 13.3 Å². The summed E-state index contributed by atoms with van der Waals surface area (Å²) >= 11 is 0. The Morgan fingerprint density at radius 2 is 1.95 bits per heavy atom. The zero-order valence-corrected chi connectivity index (χ0v) is 11.1. The second-order valence-corrected chi connectivity index (χ2v) is 4.73. The van der Waals surface area contributed by atoms with Gasteiger partial charge in [0, 0.05) is 11.8 Å². The molecule has 4 nitrogen and oxygen atoms in total. The van der Waals surface area contributed by atoms with Crippen LogP contribution in [0.2, 0.25) is 0 Å². The van der Waals surface area contributed by atoms with E-state index in [4.69, 9.17) is 5.11 Å². The van der Waals surface area contributed by atoms with Gasteiger partial charge in [0.1, 0.15) is 5.65 Å². The molecular formula is C16H14N2O2. The van der Waals surface area contributed by atoms with Crippen molar-refractivity contribution in [3.63, 3.8) is 0 Å². The van der Waals surface area contributed by atoms with Gasteiger partial charge in [-0.3, -0.25) is 4.79 Å². The first-order chi connectivity index (χ1) is 9.66. The summed E-state index contributed by atoms with van der Waals surface area (Å²) in [4.78, 5) is 15.8. The molecule has 1 aromatic carbocycles. The van der Waals surface area contributed by atoms with Crippen molar-refractivity contribution in [2.75, 3.05) is 0 Å². The Hall–Kier alpha value is -2.62. The summed E-state index contributed by atoms with van der Waals surface area (Å²) in [6.45, 7) is 1.97. The highest BCUT2D eigenvalue weighted by molar-refractivity contribution is 5.76. The Morgan fingerprint density at radius 1 is 1.20 bits per heavy atom. The summed E-state index contributed by atoms with van der Waals surface area (Å²) in [6, 6.07) is 13.6. The quantitative estimate of drug-likeness (QED) is 0.793. The summed E-state index contributed by atoms with van der Waals surface area (Å²) in [5.41, 5.74) is 4.22. The Balaban J connectivity index is 2.30. The maximum atomic E-state index is 11.1. The molecule has 100 valence electrons. The SMILES string of the molecule is Cc1cccn2c(CC(=O)O)c(-c3ccccc3)nc12.